The largest absolute Gasteiger partial charge is 0.370 e. The number of anilines is 1. The van der Waals surface area contributed by atoms with Gasteiger partial charge in [-0.15, -0.1) is 0 Å². The predicted molar refractivity (Wildman–Crippen MR) is 154 cm³/mol. The second-order valence-corrected chi connectivity index (χ2v) is 10.3. The highest BCUT2D eigenvalue weighted by Crippen LogP contribution is 2.28. The van der Waals surface area contributed by atoms with Gasteiger partial charge in [-0.05, 0) is 69.5 Å². The van der Waals surface area contributed by atoms with Gasteiger partial charge in [-0.25, -0.2) is 0 Å². The van der Waals surface area contributed by atoms with E-state index < -0.39 is 0 Å². The van der Waals surface area contributed by atoms with Crippen LogP contribution in [0.3, 0.4) is 0 Å². The number of H-pyrrole nitrogens is 1. The number of pyridine rings is 1. The number of allylic oxidation sites excluding steroid dienone is 2. The van der Waals surface area contributed by atoms with Gasteiger partial charge < -0.3 is 20.0 Å². The van der Waals surface area contributed by atoms with Crippen LogP contribution in [0.1, 0.15) is 43.1 Å². The molecule has 0 aliphatic carbocycles. The zero-order chi connectivity index (χ0) is 26.3. The highest BCUT2D eigenvalue weighted by Gasteiger charge is 2.17. The SMILES string of the molecule is C/C=C(\C=C/CCN1CCN(C)CC1)NC(=O)c1n[nH]c2ccc(-c3cncc(N4CCCCC4)c3)cc12. The van der Waals surface area contributed by atoms with E-state index in [1.54, 1.807) is 0 Å². The number of carbonyl (C=O) groups is 1. The standard InChI is InChI=1S/C30H39N7O/c1-3-25(9-5-8-12-36-17-15-35(2)16-18-36)32-30(38)29-27-20-23(10-11-28(27)33-34-29)24-19-26(22-31-21-24)37-13-6-4-7-14-37/h3,5,9-11,19-22H,4,6-8,12-18H2,1-2H3,(H,32,38)(H,33,34)/b9-5-,25-3+. The Morgan fingerprint density at radius 3 is 2.63 bits per heavy atom. The van der Waals surface area contributed by atoms with Crippen LogP contribution in [0.2, 0.25) is 0 Å². The Kier molecular flexibility index (Phi) is 8.51. The highest BCUT2D eigenvalue weighted by molar-refractivity contribution is 6.06. The van der Waals surface area contributed by atoms with Crippen LogP contribution in [0.15, 0.2) is 60.6 Å². The number of piperidine rings is 1. The highest BCUT2D eigenvalue weighted by atomic mass is 16.2. The normalized spacial score (nSPS) is 17.9. The molecule has 0 spiro atoms. The van der Waals surface area contributed by atoms with Crippen molar-refractivity contribution in [3.8, 4) is 11.1 Å². The van der Waals surface area contributed by atoms with E-state index in [0.29, 0.717) is 5.69 Å². The summed E-state index contributed by atoms with van der Waals surface area (Å²) < 4.78 is 0. The number of aromatic nitrogens is 3. The predicted octanol–water partition coefficient (Wildman–Crippen LogP) is 4.44. The van der Waals surface area contributed by atoms with Crippen LogP contribution >= 0.6 is 0 Å². The second kappa shape index (κ2) is 12.4. The lowest BCUT2D eigenvalue weighted by Crippen LogP contribution is -2.44. The zero-order valence-corrected chi connectivity index (χ0v) is 22.6. The Balaban J connectivity index is 1.25. The maximum Gasteiger partial charge on any atom is 0.276 e. The maximum atomic E-state index is 13.2. The van der Waals surface area contributed by atoms with Gasteiger partial charge in [-0.3, -0.25) is 14.9 Å². The molecule has 2 saturated heterocycles. The summed E-state index contributed by atoms with van der Waals surface area (Å²) in [6, 6.07) is 8.27. The molecule has 0 bridgehead atoms. The van der Waals surface area contributed by atoms with E-state index in [9.17, 15) is 4.79 Å². The smallest absolute Gasteiger partial charge is 0.276 e. The number of hydrogen-bond donors (Lipinski definition) is 2. The average Bonchev–Trinajstić information content (AvgIpc) is 3.39. The van der Waals surface area contributed by atoms with E-state index >= 15 is 0 Å². The van der Waals surface area contributed by atoms with Gasteiger partial charge in [0.15, 0.2) is 5.69 Å². The molecular weight excluding hydrogens is 474 g/mol. The molecule has 2 aliphatic rings. The molecule has 5 rings (SSSR count). The first-order chi connectivity index (χ1) is 18.6. The first kappa shape index (κ1) is 26.1. The molecule has 200 valence electrons. The quantitative estimate of drug-likeness (QED) is 0.434. The summed E-state index contributed by atoms with van der Waals surface area (Å²) in [5.74, 6) is -0.217. The van der Waals surface area contributed by atoms with Crippen molar-refractivity contribution in [2.75, 3.05) is 57.8 Å². The second-order valence-electron chi connectivity index (χ2n) is 10.3. The van der Waals surface area contributed by atoms with E-state index in [4.69, 9.17) is 0 Å². The van der Waals surface area contributed by atoms with Crippen molar-refractivity contribution >= 4 is 22.5 Å². The van der Waals surface area contributed by atoms with Gasteiger partial charge in [0.25, 0.3) is 5.91 Å². The van der Waals surface area contributed by atoms with Crippen molar-refractivity contribution in [2.45, 2.75) is 32.6 Å². The zero-order valence-electron chi connectivity index (χ0n) is 22.6. The van der Waals surface area contributed by atoms with Gasteiger partial charge in [0.2, 0.25) is 0 Å². The van der Waals surface area contributed by atoms with Crippen LogP contribution in [0.25, 0.3) is 22.0 Å². The van der Waals surface area contributed by atoms with Crippen molar-refractivity contribution in [1.29, 1.82) is 0 Å². The molecular formula is C30H39N7O. The number of nitrogens with zero attached hydrogens (tertiary/aromatic N) is 5. The number of likely N-dealkylation sites (N-methyl/N-ethyl adjacent to an activating group) is 1. The molecule has 8 nitrogen and oxygen atoms in total. The molecule has 1 aromatic carbocycles. The van der Waals surface area contributed by atoms with E-state index in [1.165, 1.54) is 19.3 Å². The molecule has 2 aliphatic heterocycles. The van der Waals surface area contributed by atoms with Crippen LogP contribution in [0.4, 0.5) is 5.69 Å². The topological polar surface area (TPSA) is 80.4 Å². The first-order valence-corrected chi connectivity index (χ1v) is 13.8. The number of aromatic amines is 1. The molecule has 3 aromatic rings. The van der Waals surface area contributed by atoms with Crippen LogP contribution in [0, 0.1) is 0 Å². The number of benzene rings is 1. The van der Waals surface area contributed by atoms with Crippen molar-refractivity contribution in [2.24, 2.45) is 0 Å². The molecule has 0 radical (unpaired) electrons. The van der Waals surface area contributed by atoms with Gasteiger partial charge in [0, 0.05) is 68.7 Å². The number of rotatable bonds is 8. The summed E-state index contributed by atoms with van der Waals surface area (Å²) in [5.41, 5.74) is 5.23. The Morgan fingerprint density at radius 1 is 1.03 bits per heavy atom. The van der Waals surface area contributed by atoms with Crippen LogP contribution in [-0.4, -0.2) is 83.7 Å². The third-order valence-electron chi connectivity index (χ3n) is 7.63. The van der Waals surface area contributed by atoms with Crippen LogP contribution in [-0.2, 0) is 0 Å². The lowest BCUT2D eigenvalue weighted by Gasteiger charge is -2.32. The Morgan fingerprint density at radius 2 is 1.84 bits per heavy atom. The molecule has 4 heterocycles. The molecule has 2 N–H and O–H groups in total. The van der Waals surface area contributed by atoms with Gasteiger partial charge in [0.05, 0.1) is 17.4 Å². The summed E-state index contributed by atoms with van der Waals surface area (Å²) in [6.07, 6.45) is 14.6. The minimum Gasteiger partial charge on any atom is -0.370 e. The molecule has 0 unspecified atom stereocenters. The van der Waals surface area contributed by atoms with Gasteiger partial charge in [-0.1, -0.05) is 18.2 Å². The van der Waals surface area contributed by atoms with E-state index in [1.807, 2.05) is 43.6 Å². The van der Waals surface area contributed by atoms with Gasteiger partial charge in [-0.2, -0.15) is 5.10 Å². The summed E-state index contributed by atoms with van der Waals surface area (Å²) in [5, 5.41) is 11.2. The van der Waals surface area contributed by atoms with Crippen molar-refractivity contribution in [3.05, 3.63) is 66.3 Å². The molecule has 2 fully saturated rings. The number of piperazine rings is 1. The Hall–Kier alpha value is -3.49. The average molecular weight is 514 g/mol. The number of amides is 1. The maximum absolute atomic E-state index is 13.2. The van der Waals surface area contributed by atoms with Crippen molar-refractivity contribution < 1.29 is 4.79 Å². The lowest BCUT2D eigenvalue weighted by molar-refractivity contribution is 0.0963. The third-order valence-corrected chi connectivity index (χ3v) is 7.63. The first-order valence-electron chi connectivity index (χ1n) is 13.8. The fourth-order valence-electron chi connectivity index (χ4n) is 5.22. The number of carbonyl (C=O) groups excluding carboxylic acids is 1. The minimum absolute atomic E-state index is 0.217. The molecule has 0 saturated carbocycles. The summed E-state index contributed by atoms with van der Waals surface area (Å²) in [7, 11) is 2.17. The minimum atomic E-state index is -0.217. The fraction of sp³-hybridized carbons (Fsp3) is 0.433. The van der Waals surface area contributed by atoms with Gasteiger partial charge >= 0.3 is 0 Å². The Labute approximate surface area is 225 Å². The monoisotopic (exact) mass is 513 g/mol. The number of nitrogens with one attached hydrogen (secondary N) is 2. The number of fused-ring (bicyclic) bond motifs is 1. The Bertz CT molecular complexity index is 1300. The third kappa shape index (κ3) is 6.31. The van der Waals surface area contributed by atoms with E-state index in [2.05, 4.69) is 60.5 Å². The summed E-state index contributed by atoms with van der Waals surface area (Å²) >= 11 is 0. The number of hydrogen-bond acceptors (Lipinski definition) is 6. The van der Waals surface area contributed by atoms with Crippen LogP contribution < -0.4 is 10.2 Å². The van der Waals surface area contributed by atoms with E-state index in [0.717, 1.165) is 85.6 Å². The van der Waals surface area contributed by atoms with Gasteiger partial charge in [0.1, 0.15) is 0 Å². The fourth-order valence-corrected chi connectivity index (χ4v) is 5.22. The molecule has 38 heavy (non-hydrogen) atoms. The molecule has 0 atom stereocenters. The van der Waals surface area contributed by atoms with Crippen LogP contribution in [0.5, 0.6) is 0 Å². The van der Waals surface area contributed by atoms with E-state index in [-0.39, 0.29) is 5.91 Å². The van der Waals surface area contributed by atoms with Crippen molar-refractivity contribution in [3.63, 3.8) is 0 Å². The molecule has 2 aromatic heterocycles. The van der Waals surface area contributed by atoms with Crippen molar-refractivity contribution in [1.82, 2.24) is 30.3 Å². The summed E-state index contributed by atoms with van der Waals surface area (Å²) in [4.78, 5) is 25.0. The molecule has 8 heteroatoms. The summed E-state index contributed by atoms with van der Waals surface area (Å²) in [6.45, 7) is 9.61. The molecule has 1 amide bonds. The lowest BCUT2D eigenvalue weighted by atomic mass is 10.0.